The second-order valence-corrected chi connectivity index (χ2v) is 10.1. The van der Waals surface area contributed by atoms with Gasteiger partial charge in [-0.15, -0.1) is 0 Å². The van der Waals surface area contributed by atoms with Crippen LogP contribution < -0.4 is 0 Å². The molecule has 31 heavy (non-hydrogen) atoms. The van der Waals surface area contributed by atoms with Crippen LogP contribution in [0.15, 0.2) is 53.4 Å². The summed E-state index contributed by atoms with van der Waals surface area (Å²) >= 11 is 6.00. The van der Waals surface area contributed by atoms with Crippen LogP contribution in [0.2, 0.25) is 5.02 Å². The van der Waals surface area contributed by atoms with E-state index in [0.29, 0.717) is 61.4 Å². The molecule has 2 saturated heterocycles. The van der Waals surface area contributed by atoms with Crippen molar-refractivity contribution in [1.82, 2.24) is 14.1 Å². The zero-order chi connectivity index (χ0) is 21.8. The Morgan fingerprint density at radius 3 is 2.35 bits per heavy atom. The second kappa shape index (κ2) is 9.67. The minimum atomic E-state index is -3.51. The van der Waals surface area contributed by atoms with Crippen LogP contribution >= 0.6 is 11.6 Å². The Balaban J connectivity index is 1.37. The molecule has 0 radical (unpaired) electrons. The lowest BCUT2D eigenvalue weighted by atomic mass is 10.1. The molecule has 2 aliphatic rings. The fraction of sp³-hybridized carbons (Fsp3) is 0.409. The first-order valence-electron chi connectivity index (χ1n) is 10.4. The quantitative estimate of drug-likeness (QED) is 0.680. The van der Waals surface area contributed by atoms with Crippen LogP contribution in [0.4, 0.5) is 0 Å². The van der Waals surface area contributed by atoms with Gasteiger partial charge in [-0.05, 0) is 35.9 Å². The molecule has 0 unspecified atom stereocenters. The number of hydrogen-bond acceptors (Lipinski definition) is 5. The summed E-state index contributed by atoms with van der Waals surface area (Å²) in [6.07, 6.45) is 0. The first kappa shape index (κ1) is 22.2. The number of halogens is 1. The van der Waals surface area contributed by atoms with E-state index in [0.717, 1.165) is 18.7 Å². The van der Waals surface area contributed by atoms with Crippen molar-refractivity contribution in [2.75, 3.05) is 52.5 Å². The van der Waals surface area contributed by atoms with Gasteiger partial charge in [0.2, 0.25) is 10.0 Å². The summed E-state index contributed by atoms with van der Waals surface area (Å²) in [6, 6.07) is 14.2. The van der Waals surface area contributed by atoms with Crippen molar-refractivity contribution in [3.8, 4) is 0 Å². The summed E-state index contributed by atoms with van der Waals surface area (Å²) in [7, 11) is -3.51. The Kier molecular flexibility index (Phi) is 6.93. The van der Waals surface area contributed by atoms with E-state index in [2.05, 4.69) is 4.90 Å². The Morgan fingerprint density at radius 1 is 0.935 bits per heavy atom. The molecule has 0 saturated carbocycles. The molecule has 2 aromatic carbocycles. The largest absolute Gasteiger partial charge is 0.379 e. The molecule has 0 aliphatic carbocycles. The van der Waals surface area contributed by atoms with Crippen molar-refractivity contribution in [3.05, 3.63) is 64.7 Å². The summed E-state index contributed by atoms with van der Waals surface area (Å²) in [5, 5.41) is 0.552. The molecule has 2 aliphatic heterocycles. The van der Waals surface area contributed by atoms with Crippen LogP contribution in [0.3, 0.4) is 0 Å². The number of hydrogen-bond donors (Lipinski definition) is 0. The maximum absolute atomic E-state index is 12.9. The van der Waals surface area contributed by atoms with Gasteiger partial charge >= 0.3 is 0 Å². The zero-order valence-corrected chi connectivity index (χ0v) is 18.8. The number of rotatable bonds is 5. The molecular formula is C22H26ClN3O4S. The highest BCUT2D eigenvalue weighted by Gasteiger charge is 2.27. The molecule has 166 valence electrons. The summed E-state index contributed by atoms with van der Waals surface area (Å²) in [5.41, 5.74) is 1.55. The Bertz CT molecular complexity index is 1030. The third-order valence-corrected chi connectivity index (χ3v) is 7.77. The van der Waals surface area contributed by atoms with Crippen molar-refractivity contribution >= 4 is 27.5 Å². The third-order valence-electron chi connectivity index (χ3n) is 5.64. The molecule has 2 fully saturated rings. The fourth-order valence-electron chi connectivity index (χ4n) is 3.91. The number of carbonyl (C=O) groups is 1. The van der Waals surface area contributed by atoms with E-state index in [1.807, 2.05) is 11.0 Å². The van der Waals surface area contributed by atoms with Gasteiger partial charge in [0, 0.05) is 56.4 Å². The number of ether oxygens (including phenoxy) is 1. The average molecular weight is 464 g/mol. The monoisotopic (exact) mass is 463 g/mol. The summed E-state index contributed by atoms with van der Waals surface area (Å²) in [5.74, 6) is -0.0132. The number of piperazine rings is 1. The Labute approximate surface area is 188 Å². The molecule has 0 spiro atoms. The fourth-order valence-corrected chi connectivity index (χ4v) is 5.58. The second-order valence-electron chi connectivity index (χ2n) is 7.74. The zero-order valence-electron chi connectivity index (χ0n) is 17.2. The van der Waals surface area contributed by atoms with Crippen LogP contribution in [-0.2, 0) is 21.3 Å². The number of benzene rings is 2. The highest BCUT2D eigenvalue weighted by molar-refractivity contribution is 7.89. The molecule has 7 nitrogen and oxygen atoms in total. The van der Waals surface area contributed by atoms with E-state index in [1.165, 1.54) is 4.31 Å². The van der Waals surface area contributed by atoms with Gasteiger partial charge in [0.05, 0.1) is 18.1 Å². The predicted molar refractivity (Wildman–Crippen MR) is 119 cm³/mol. The topological polar surface area (TPSA) is 70.2 Å². The van der Waals surface area contributed by atoms with E-state index in [1.54, 1.807) is 42.5 Å². The lowest BCUT2D eigenvalue weighted by Crippen LogP contribution is -2.48. The van der Waals surface area contributed by atoms with Crippen molar-refractivity contribution in [2.45, 2.75) is 11.4 Å². The van der Waals surface area contributed by atoms with E-state index >= 15 is 0 Å². The third kappa shape index (κ3) is 5.27. The Hall–Kier alpha value is -1.97. The predicted octanol–water partition coefficient (Wildman–Crippen LogP) is 2.32. The van der Waals surface area contributed by atoms with Gasteiger partial charge in [-0.2, -0.15) is 4.31 Å². The molecule has 9 heteroatoms. The highest BCUT2D eigenvalue weighted by atomic mass is 35.5. The number of sulfonamides is 1. The Morgan fingerprint density at radius 2 is 1.65 bits per heavy atom. The molecule has 0 bridgehead atoms. The number of amides is 1. The maximum atomic E-state index is 12.9. The molecule has 1 amide bonds. The summed E-state index contributed by atoms with van der Waals surface area (Å²) < 4.78 is 32.6. The minimum Gasteiger partial charge on any atom is -0.379 e. The molecular weight excluding hydrogens is 438 g/mol. The molecule has 0 aromatic heterocycles. The van der Waals surface area contributed by atoms with E-state index in [-0.39, 0.29) is 5.91 Å². The van der Waals surface area contributed by atoms with Gasteiger partial charge in [0.15, 0.2) is 0 Å². The van der Waals surface area contributed by atoms with Crippen LogP contribution in [0.1, 0.15) is 15.9 Å². The lowest BCUT2D eigenvalue weighted by molar-refractivity contribution is 0.0628. The summed E-state index contributed by atoms with van der Waals surface area (Å²) in [4.78, 5) is 17.1. The van der Waals surface area contributed by atoms with Crippen LogP contribution in [0.5, 0.6) is 0 Å². The van der Waals surface area contributed by atoms with E-state index in [9.17, 15) is 13.2 Å². The highest BCUT2D eigenvalue weighted by Crippen LogP contribution is 2.20. The maximum Gasteiger partial charge on any atom is 0.253 e. The van der Waals surface area contributed by atoms with Gasteiger partial charge in [-0.1, -0.05) is 29.8 Å². The van der Waals surface area contributed by atoms with Gasteiger partial charge in [-0.3, -0.25) is 9.69 Å². The van der Waals surface area contributed by atoms with Crippen LogP contribution in [0, 0.1) is 0 Å². The van der Waals surface area contributed by atoms with E-state index < -0.39 is 10.0 Å². The standard InChI is InChI=1S/C22H26ClN3O4S/c23-20-5-2-4-19(16-20)22(27)25-9-7-24(8-10-25)17-18-3-1-6-21(15-18)31(28,29)26-11-13-30-14-12-26/h1-6,15-16H,7-14,17H2. The molecule has 2 heterocycles. The van der Waals surface area contributed by atoms with Gasteiger partial charge in [0.1, 0.15) is 0 Å². The normalized spacial score (nSPS) is 18.8. The van der Waals surface area contributed by atoms with Gasteiger partial charge in [0.25, 0.3) is 5.91 Å². The number of nitrogens with zero attached hydrogens (tertiary/aromatic N) is 3. The van der Waals surface area contributed by atoms with E-state index in [4.69, 9.17) is 16.3 Å². The molecule has 0 N–H and O–H groups in total. The average Bonchev–Trinajstić information content (AvgIpc) is 2.80. The number of carbonyl (C=O) groups excluding carboxylic acids is 1. The molecule has 0 atom stereocenters. The lowest BCUT2D eigenvalue weighted by Gasteiger charge is -2.35. The van der Waals surface area contributed by atoms with Gasteiger partial charge in [-0.25, -0.2) is 8.42 Å². The van der Waals surface area contributed by atoms with Crippen LogP contribution in [0.25, 0.3) is 0 Å². The van der Waals surface area contributed by atoms with Crippen LogP contribution in [-0.4, -0.2) is 80.9 Å². The van der Waals surface area contributed by atoms with Gasteiger partial charge < -0.3 is 9.64 Å². The smallest absolute Gasteiger partial charge is 0.253 e. The first-order valence-corrected chi connectivity index (χ1v) is 12.2. The van der Waals surface area contributed by atoms with Crippen molar-refractivity contribution in [2.24, 2.45) is 0 Å². The number of morpholine rings is 1. The molecule has 2 aromatic rings. The summed E-state index contributed by atoms with van der Waals surface area (Å²) in [6.45, 7) is 4.97. The van der Waals surface area contributed by atoms with Crippen molar-refractivity contribution < 1.29 is 17.9 Å². The molecule has 4 rings (SSSR count). The van der Waals surface area contributed by atoms with Crippen molar-refractivity contribution in [3.63, 3.8) is 0 Å². The SMILES string of the molecule is O=C(c1cccc(Cl)c1)N1CCN(Cc2cccc(S(=O)(=O)N3CCOCC3)c2)CC1. The first-order chi connectivity index (χ1) is 14.9. The van der Waals surface area contributed by atoms with Crippen molar-refractivity contribution in [1.29, 1.82) is 0 Å². The minimum absolute atomic E-state index is 0.0132.